The highest BCUT2D eigenvalue weighted by molar-refractivity contribution is 5.60. The minimum absolute atomic E-state index is 0.361. The van der Waals surface area contributed by atoms with Gasteiger partial charge in [0.1, 0.15) is 5.69 Å². The molecule has 0 fully saturated rings. The van der Waals surface area contributed by atoms with Gasteiger partial charge in [-0.25, -0.2) is 0 Å². The molecule has 0 amide bonds. The molecule has 0 saturated heterocycles. The van der Waals surface area contributed by atoms with Crippen molar-refractivity contribution in [3.63, 3.8) is 0 Å². The van der Waals surface area contributed by atoms with E-state index < -0.39 is 0 Å². The molecule has 37 heavy (non-hydrogen) atoms. The molecule has 9 nitrogen and oxygen atoms in total. The summed E-state index contributed by atoms with van der Waals surface area (Å²) in [7, 11) is 0. The molecular formula is C28H18N6O3. The lowest BCUT2D eigenvalue weighted by Gasteiger charge is -2.01. The number of nitrogens with zero attached hydrogens (tertiary/aromatic N) is 6. The highest BCUT2D eigenvalue weighted by Gasteiger charge is 2.13. The van der Waals surface area contributed by atoms with E-state index in [9.17, 15) is 5.21 Å². The first-order chi connectivity index (χ1) is 18.2. The average Bonchev–Trinajstić information content (AvgIpc) is 3.66. The number of hydrogen-bond donors (Lipinski definition) is 0. The maximum Gasteiger partial charge on any atom is 0.248 e. The Kier molecular flexibility index (Phi) is 5.76. The second-order valence-corrected chi connectivity index (χ2v) is 8.02. The minimum atomic E-state index is 0.361. The average molecular weight is 486 g/mol. The van der Waals surface area contributed by atoms with Crippen molar-refractivity contribution in [1.82, 2.24) is 20.4 Å². The fourth-order valence-electron chi connectivity index (χ4n) is 3.64. The van der Waals surface area contributed by atoms with Crippen molar-refractivity contribution in [2.45, 2.75) is 0 Å². The molecule has 0 unspecified atom stereocenters. The van der Waals surface area contributed by atoms with Crippen molar-refractivity contribution < 1.29 is 13.7 Å². The van der Waals surface area contributed by atoms with Crippen LogP contribution in [0.4, 0.5) is 11.4 Å². The Hall–Kier alpha value is -5.44. The first kappa shape index (κ1) is 22.1. The smallest absolute Gasteiger partial charge is 0.248 e. The van der Waals surface area contributed by atoms with Crippen molar-refractivity contribution in [3.05, 3.63) is 114 Å². The zero-order valence-electron chi connectivity index (χ0n) is 19.3. The largest absolute Gasteiger partial charge is 0.594 e. The van der Waals surface area contributed by atoms with E-state index in [0.29, 0.717) is 45.4 Å². The molecule has 6 rings (SSSR count). The summed E-state index contributed by atoms with van der Waals surface area (Å²) in [5.41, 5.74) is 3.95. The van der Waals surface area contributed by atoms with Gasteiger partial charge in [-0.3, -0.25) is 0 Å². The summed E-state index contributed by atoms with van der Waals surface area (Å²) in [5.74, 6) is 1.62. The number of benzene rings is 4. The zero-order chi connectivity index (χ0) is 25.0. The topological polar surface area (TPSA) is 116 Å². The fraction of sp³-hybridized carbons (Fsp3) is 0. The summed E-state index contributed by atoms with van der Waals surface area (Å²) in [6.45, 7) is 0. The van der Waals surface area contributed by atoms with Crippen molar-refractivity contribution in [2.24, 2.45) is 5.11 Å². The van der Waals surface area contributed by atoms with Crippen LogP contribution in [0.3, 0.4) is 0 Å². The number of hydrogen-bond acceptors (Lipinski definition) is 8. The summed E-state index contributed by atoms with van der Waals surface area (Å²) >= 11 is 0. The molecule has 0 spiro atoms. The van der Waals surface area contributed by atoms with Gasteiger partial charge in [0.25, 0.3) is 0 Å². The van der Waals surface area contributed by atoms with Crippen LogP contribution >= 0.6 is 0 Å². The molecular weight excluding hydrogens is 468 g/mol. The molecule has 6 aromatic rings. The molecule has 0 aliphatic carbocycles. The van der Waals surface area contributed by atoms with Crippen molar-refractivity contribution >= 4 is 11.4 Å². The van der Waals surface area contributed by atoms with E-state index in [-0.39, 0.29) is 0 Å². The Morgan fingerprint density at radius 3 is 1.30 bits per heavy atom. The van der Waals surface area contributed by atoms with Gasteiger partial charge in [-0.05, 0) is 60.7 Å². The number of azo groups is 1. The Bertz CT molecular complexity index is 1660. The van der Waals surface area contributed by atoms with Crippen molar-refractivity contribution in [1.29, 1.82) is 0 Å². The quantitative estimate of drug-likeness (QED) is 0.141. The first-order valence-electron chi connectivity index (χ1n) is 11.4. The highest BCUT2D eigenvalue weighted by atomic mass is 16.5. The van der Waals surface area contributed by atoms with E-state index >= 15 is 0 Å². The van der Waals surface area contributed by atoms with Crippen LogP contribution in [0.25, 0.3) is 45.8 Å². The SMILES string of the molecule is [O-][N+](=Nc1ccc(-c2nnc(-c3ccccc3)o2)cc1)c1ccc(-c2nnc(-c3ccccc3)o2)cc1. The lowest BCUT2D eigenvalue weighted by Crippen LogP contribution is -1.90. The summed E-state index contributed by atoms with van der Waals surface area (Å²) in [5, 5.41) is 33.2. The van der Waals surface area contributed by atoms with E-state index in [0.717, 1.165) is 16.7 Å². The second-order valence-electron chi connectivity index (χ2n) is 8.02. The first-order valence-corrected chi connectivity index (χ1v) is 11.4. The molecule has 2 heterocycles. The van der Waals surface area contributed by atoms with E-state index in [4.69, 9.17) is 8.83 Å². The molecule has 0 N–H and O–H groups in total. The van der Waals surface area contributed by atoms with Crippen LogP contribution in [0.1, 0.15) is 0 Å². The highest BCUT2D eigenvalue weighted by Crippen LogP contribution is 2.28. The van der Waals surface area contributed by atoms with Crippen LogP contribution in [-0.2, 0) is 0 Å². The van der Waals surface area contributed by atoms with Gasteiger partial charge in [0.2, 0.25) is 29.3 Å². The lowest BCUT2D eigenvalue weighted by atomic mass is 10.2. The van der Waals surface area contributed by atoms with E-state index in [2.05, 4.69) is 25.5 Å². The Labute approximate surface area is 211 Å². The fourth-order valence-corrected chi connectivity index (χ4v) is 3.64. The Morgan fingerprint density at radius 1 is 0.486 bits per heavy atom. The van der Waals surface area contributed by atoms with Gasteiger partial charge in [-0.2, -0.15) is 0 Å². The summed E-state index contributed by atoms with van der Waals surface area (Å²) < 4.78 is 11.5. The number of aromatic nitrogens is 4. The summed E-state index contributed by atoms with van der Waals surface area (Å²) in [6.07, 6.45) is 0. The molecule has 2 aromatic heterocycles. The minimum Gasteiger partial charge on any atom is -0.594 e. The van der Waals surface area contributed by atoms with E-state index in [1.165, 1.54) is 0 Å². The summed E-state index contributed by atoms with van der Waals surface area (Å²) in [6, 6.07) is 32.8. The van der Waals surface area contributed by atoms with Crippen LogP contribution in [0.5, 0.6) is 0 Å². The van der Waals surface area contributed by atoms with Crippen LogP contribution in [0, 0.1) is 5.21 Å². The predicted octanol–water partition coefficient (Wildman–Crippen LogP) is 7.05. The zero-order valence-corrected chi connectivity index (χ0v) is 19.3. The maximum absolute atomic E-state index is 12.6. The Balaban J connectivity index is 1.16. The number of rotatable bonds is 6. The van der Waals surface area contributed by atoms with Gasteiger partial charge < -0.3 is 14.0 Å². The van der Waals surface area contributed by atoms with Gasteiger partial charge >= 0.3 is 0 Å². The van der Waals surface area contributed by atoms with Crippen LogP contribution < -0.4 is 0 Å². The van der Waals surface area contributed by atoms with E-state index in [1.54, 1.807) is 48.5 Å². The molecule has 0 atom stereocenters. The van der Waals surface area contributed by atoms with Crippen LogP contribution in [-0.4, -0.2) is 25.3 Å². The van der Waals surface area contributed by atoms with Gasteiger partial charge in [0, 0.05) is 39.5 Å². The second kappa shape index (κ2) is 9.67. The third-order valence-corrected chi connectivity index (χ3v) is 5.55. The monoisotopic (exact) mass is 486 g/mol. The molecule has 0 bridgehead atoms. The molecule has 0 saturated carbocycles. The molecule has 4 aromatic carbocycles. The lowest BCUT2D eigenvalue weighted by molar-refractivity contribution is -0.435. The van der Waals surface area contributed by atoms with Gasteiger partial charge in [0.15, 0.2) is 0 Å². The van der Waals surface area contributed by atoms with Crippen molar-refractivity contribution in [3.8, 4) is 45.8 Å². The maximum atomic E-state index is 12.6. The van der Waals surface area contributed by atoms with Crippen molar-refractivity contribution in [2.75, 3.05) is 0 Å². The van der Waals surface area contributed by atoms with Gasteiger partial charge in [-0.1, -0.05) is 41.3 Å². The van der Waals surface area contributed by atoms with Gasteiger partial charge in [0.05, 0.1) is 0 Å². The van der Waals surface area contributed by atoms with Crippen LogP contribution in [0.15, 0.2) is 123 Å². The molecule has 0 radical (unpaired) electrons. The van der Waals surface area contributed by atoms with E-state index in [1.807, 2.05) is 60.7 Å². The summed E-state index contributed by atoms with van der Waals surface area (Å²) in [4.78, 5) is 0.558. The van der Waals surface area contributed by atoms with Crippen LogP contribution in [0.2, 0.25) is 0 Å². The molecule has 9 heteroatoms. The Morgan fingerprint density at radius 2 is 0.865 bits per heavy atom. The van der Waals surface area contributed by atoms with Gasteiger partial charge in [-0.15, -0.1) is 20.4 Å². The molecule has 0 aliphatic rings. The molecule has 0 aliphatic heterocycles. The third kappa shape index (κ3) is 4.73. The third-order valence-electron chi connectivity index (χ3n) is 5.55. The standard InChI is InChI=1S/C28H18N6O3/c35-34(24-17-13-22(14-18-24)28-32-30-26(37-28)20-9-5-2-6-10-20)33-23-15-11-21(12-16-23)27-31-29-25(36-27)19-7-3-1-4-8-19/h1-18H. The molecule has 178 valence electrons. The predicted molar refractivity (Wildman–Crippen MR) is 136 cm³/mol. The normalized spacial score (nSPS) is 11.5.